The lowest BCUT2D eigenvalue weighted by Gasteiger charge is -2.30. The molecule has 0 unspecified atom stereocenters. The number of pyridine rings is 1. The number of hydrogen-bond acceptors (Lipinski definition) is 13. The third-order valence-corrected chi connectivity index (χ3v) is 11.6. The van der Waals surface area contributed by atoms with Crippen LogP contribution in [0.25, 0.3) is 0 Å². The molecular formula is C37H52N10O9S2. The third kappa shape index (κ3) is 15.2. The van der Waals surface area contributed by atoms with E-state index in [4.69, 9.17) is 17.2 Å². The molecular weight excluding hydrogens is 793 g/mol. The first-order valence-electron chi connectivity index (χ1n) is 18.5. The summed E-state index contributed by atoms with van der Waals surface area (Å²) < 4.78 is 0. The van der Waals surface area contributed by atoms with Gasteiger partial charge >= 0.3 is 0 Å². The molecule has 1 aliphatic rings. The number of aromatic hydroxyl groups is 1. The Morgan fingerprint density at radius 2 is 1.45 bits per heavy atom. The summed E-state index contributed by atoms with van der Waals surface area (Å²) in [5, 5.41) is 22.7. The van der Waals surface area contributed by atoms with Crippen molar-refractivity contribution in [1.29, 1.82) is 0 Å². The van der Waals surface area contributed by atoms with Gasteiger partial charge in [0.1, 0.15) is 36.0 Å². The lowest BCUT2D eigenvalue weighted by molar-refractivity contribution is -0.137. The Morgan fingerprint density at radius 1 is 0.828 bits per heavy atom. The van der Waals surface area contributed by atoms with E-state index in [0.29, 0.717) is 17.7 Å². The molecule has 58 heavy (non-hydrogen) atoms. The van der Waals surface area contributed by atoms with Crippen LogP contribution in [0.2, 0.25) is 0 Å². The minimum absolute atomic E-state index is 0.00757. The molecule has 12 N–H and O–H groups in total. The van der Waals surface area contributed by atoms with Crippen molar-refractivity contribution in [2.75, 3.05) is 18.6 Å². The Hall–Kier alpha value is -5.41. The molecule has 2 aromatic rings. The van der Waals surface area contributed by atoms with Crippen LogP contribution < -0.4 is 43.8 Å². The molecule has 1 saturated heterocycles. The van der Waals surface area contributed by atoms with Gasteiger partial charge in [-0.1, -0.05) is 60.1 Å². The first kappa shape index (κ1) is 47.0. The first-order chi connectivity index (χ1) is 27.5. The van der Waals surface area contributed by atoms with Crippen molar-refractivity contribution in [2.45, 2.75) is 88.7 Å². The van der Waals surface area contributed by atoms with Gasteiger partial charge in [-0.25, -0.2) is 0 Å². The molecule has 316 valence electrons. The van der Waals surface area contributed by atoms with Crippen molar-refractivity contribution in [1.82, 2.24) is 36.5 Å². The molecule has 2 heterocycles. The van der Waals surface area contributed by atoms with Crippen LogP contribution in [0.15, 0.2) is 48.7 Å². The highest BCUT2D eigenvalue weighted by molar-refractivity contribution is 8.76. The highest BCUT2D eigenvalue weighted by Crippen LogP contribution is 2.24. The van der Waals surface area contributed by atoms with E-state index in [2.05, 4.69) is 31.6 Å². The second kappa shape index (κ2) is 23.1. The van der Waals surface area contributed by atoms with Crippen LogP contribution in [0.5, 0.6) is 5.75 Å². The highest BCUT2D eigenvalue weighted by Gasteiger charge is 2.36. The van der Waals surface area contributed by atoms with E-state index in [1.807, 2.05) is 0 Å². The Balaban J connectivity index is 2.04. The van der Waals surface area contributed by atoms with E-state index in [9.17, 15) is 43.5 Å². The van der Waals surface area contributed by atoms with E-state index >= 15 is 0 Å². The SMILES string of the molecule is CC[C@H](C)[C@@H]1NC(=O)[C@H](Cc2ccc(O)cc2)NC(=O)[C@@H](N)CSSC[C@@H](C(=O)N(C)Cc2ccccn2)NC(=O)[C@H](CC(N)=O)NC(=O)[C@H](CCC(N)=O)NC1=O. The number of nitrogens with two attached hydrogens (primary N) is 3. The van der Waals surface area contributed by atoms with Crippen molar-refractivity contribution < 1.29 is 43.5 Å². The summed E-state index contributed by atoms with van der Waals surface area (Å²) in [4.78, 5) is 112. The number of nitrogens with zero attached hydrogens (tertiary/aromatic N) is 2. The normalized spacial score (nSPS) is 23.5. The lowest BCUT2D eigenvalue weighted by Crippen LogP contribution is -2.61. The van der Waals surface area contributed by atoms with Gasteiger partial charge in [0, 0.05) is 37.6 Å². The van der Waals surface area contributed by atoms with Crippen molar-refractivity contribution >= 4 is 68.8 Å². The molecule has 0 radical (unpaired) electrons. The number of likely N-dealkylation sites (N-methyl/N-ethyl adjacent to an activating group) is 1. The molecule has 1 aliphatic heterocycles. The van der Waals surface area contributed by atoms with Crippen LogP contribution in [-0.2, 0) is 51.3 Å². The van der Waals surface area contributed by atoms with Gasteiger partial charge in [0.25, 0.3) is 0 Å². The fourth-order valence-electron chi connectivity index (χ4n) is 5.65. The van der Waals surface area contributed by atoms with Crippen LogP contribution >= 0.6 is 21.6 Å². The number of nitrogens with one attached hydrogen (secondary N) is 5. The molecule has 1 aromatic heterocycles. The largest absolute Gasteiger partial charge is 0.508 e. The summed E-state index contributed by atoms with van der Waals surface area (Å²) in [7, 11) is 3.74. The highest BCUT2D eigenvalue weighted by atomic mass is 33.1. The van der Waals surface area contributed by atoms with E-state index in [0.717, 1.165) is 21.6 Å². The minimum atomic E-state index is -1.62. The maximum Gasteiger partial charge on any atom is 0.246 e. The standard InChI is InChI=1S/C37H52N10O9S2/c1-4-20(2)31-36(55)42-25(12-13-29(39)49)33(52)44-27(16-30(40)50)34(53)45-28(37(56)47(3)17-22-7-5-6-14-41-22)19-58-57-18-24(38)32(51)43-26(35(54)46-31)15-21-8-10-23(48)11-9-21/h5-11,14,20,24-28,31,48H,4,12-13,15-19,38H2,1-3H3,(H2,39,49)(H2,40,50)(H,42,55)(H,43,51)(H,44,52)(H,45,53)(H,46,54)/t20-,24-,25-,26-,27-,28-,31-/m0/s1. The number of phenolic OH excluding ortho intramolecular Hbond substituents is 1. The van der Waals surface area contributed by atoms with E-state index < -0.39 is 95.8 Å². The number of rotatable bonds is 12. The van der Waals surface area contributed by atoms with E-state index in [1.165, 1.54) is 24.1 Å². The number of carbonyl (C=O) groups excluding carboxylic acids is 8. The second-order valence-corrected chi connectivity index (χ2v) is 16.4. The number of aromatic nitrogens is 1. The zero-order valence-electron chi connectivity index (χ0n) is 32.5. The molecule has 1 fully saturated rings. The first-order valence-corrected chi connectivity index (χ1v) is 21.0. The van der Waals surface area contributed by atoms with Gasteiger partial charge in [-0.15, -0.1) is 0 Å². The Morgan fingerprint density at radius 3 is 2.07 bits per heavy atom. The van der Waals surface area contributed by atoms with Gasteiger partial charge in [0.15, 0.2) is 0 Å². The van der Waals surface area contributed by atoms with Crippen LogP contribution in [0.1, 0.15) is 50.8 Å². The summed E-state index contributed by atoms with van der Waals surface area (Å²) in [5.41, 5.74) is 18.2. The summed E-state index contributed by atoms with van der Waals surface area (Å²) in [6, 6.07) is 3.10. The van der Waals surface area contributed by atoms with Crippen LogP contribution in [0.3, 0.4) is 0 Å². The van der Waals surface area contributed by atoms with Gasteiger partial charge in [-0.2, -0.15) is 0 Å². The molecule has 21 heteroatoms. The average molecular weight is 845 g/mol. The van der Waals surface area contributed by atoms with Crippen molar-refractivity contribution in [2.24, 2.45) is 23.1 Å². The Kier molecular flexibility index (Phi) is 18.7. The average Bonchev–Trinajstić information content (AvgIpc) is 3.18. The second-order valence-electron chi connectivity index (χ2n) is 13.9. The molecule has 0 aliphatic carbocycles. The minimum Gasteiger partial charge on any atom is -0.508 e. The lowest BCUT2D eigenvalue weighted by atomic mass is 9.96. The molecule has 19 nitrogen and oxygen atoms in total. The van der Waals surface area contributed by atoms with E-state index in [-0.39, 0.29) is 43.1 Å². The molecule has 3 rings (SSSR count). The van der Waals surface area contributed by atoms with Crippen LogP contribution in [0.4, 0.5) is 0 Å². The smallest absolute Gasteiger partial charge is 0.246 e. The summed E-state index contributed by atoms with van der Waals surface area (Å²) in [6.07, 6.45) is 0.484. The summed E-state index contributed by atoms with van der Waals surface area (Å²) in [6.45, 7) is 3.52. The van der Waals surface area contributed by atoms with Crippen molar-refractivity contribution in [3.8, 4) is 5.75 Å². The third-order valence-electron chi connectivity index (χ3n) is 9.17. The summed E-state index contributed by atoms with van der Waals surface area (Å²) in [5.74, 6) is -7.13. The van der Waals surface area contributed by atoms with E-state index in [1.54, 1.807) is 50.4 Å². The fourth-order valence-corrected chi connectivity index (χ4v) is 7.93. The molecule has 8 amide bonds. The Labute approximate surface area is 343 Å². The molecule has 1 aromatic carbocycles. The maximum absolute atomic E-state index is 13.9. The predicted molar refractivity (Wildman–Crippen MR) is 217 cm³/mol. The van der Waals surface area contributed by atoms with Gasteiger partial charge in [0.2, 0.25) is 47.3 Å². The molecule has 7 atom stereocenters. The molecule has 0 bridgehead atoms. The van der Waals surface area contributed by atoms with Crippen LogP contribution in [-0.4, -0.2) is 117 Å². The maximum atomic E-state index is 13.9. The zero-order valence-corrected chi connectivity index (χ0v) is 34.1. The van der Waals surface area contributed by atoms with Gasteiger partial charge in [0.05, 0.1) is 24.7 Å². The van der Waals surface area contributed by atoms with Gasteiger partial charge < -0.3 is 53.8 Å². The van der Waals surface area contributed by atoms with Gasteiger partial charge in [-0.3, -0.25) is 43.3 Å². The topological polar surface area (TPSA) is 311 Å². The molecule has 0 spiro atoms. The zero-order chi connectivity index (χ0) is 42.9. The number of carbonyl (C=O) groups is 8. The summed E-state index contributed by atoms with van der Waals surface area (Å²) >= 11 is 0. The quantitative estimate of drug-likeness (QED) is 0.108. The van der Waals surface area contributed by atoms with Gasteiger partial charge in [-0.05, 0) is 42.2 Å². The Bertz CT molecular complexity index is 1770. The number of phenols is 1. The predicted octanol–water partition coefficient (Wildman–Crippen LogP) is -1.68. The van der Waals surface area contributed by atoms with Crippen molar-refractivity contribution in [3.05, 3.63) is 59.9 Å². The number of amides is 8. The monoisotopic (exact) mass is 844 g/mol. The van der Waals surface area contributed by atoms with Crippen LogP contribution in [0, 0.1) is 5.92 Å². The molecule has 0 saturated carbocycles. The number of hydrogen-bond donors (Lipinski definition) is 9. The number of benzene rings is 1. The van der Waals surface area contributed by atoms with Crippen molar-refractivity contribution in [3.63, 3.8) is 0 Å². The fraction of sp³-hybridized carbons (Fsp3) is 0.486. The number of primary amides is 2.